The molecule has 2 amide bonds. The predicted molar refractivity (Wildman–Crippen MR) is 130 cm³/mol. The number of carbonyl (C=O) groups excluding carboxylic acids is 2. The molecular formula is C26H29F5N6O3. The van der Waals surface area contributed by atoms with Crippen LogP contribution < -0.4 is 11.1 Å². The maximum atomic E-state index is 14.0. The zero-order valence-corrected chi connectivity index (χ0v) is 21.7. The van der Waals surface area contributed by atoms with Crippen molar-refractivity contribution in [1.82, 2.24) is 25.1 Å². The van der Waals surface area contributed by atoms with Gasteiger partial charge in [0.1, 0.15) is 5.76 Å². The average Bonchev–Trinajstić information content (AvgIpc) is 3.52. The molecule has 0 radical (unpaired) electrons. The Labute approximate surface area is 225 Å². The summed E-state index contributed by atoms with van der Waals surface area (Å²) in [5.74, 6) is -4.70. The molecule has 9 nitrogen and oxygen atoms in total. The van der Waals surface area contributed by atoms with Crippen molar-refractivity contribution in [2.45, 2.75) is 82.3 Å². The molecule has 3 N–H and O–H groups in total. The van der Waals surface area contributed by atoms with Gasteiger partial charge in [0, 0.05) is 24.8 Å². The molecule has 40 heavy (non-hydrogen) atoms. The zero-order chi connectivity index (χ0) is 28.8. The normalized spacial score (nSPS) is 19.4. The molecule has 0 spiro atoms. The van der Waals surface area contributed by atoms with Crippen molar-refractivity contribution in [3.05, 3.63) is 46.7 Å². The first-order chi connectivity index (χ1) is 18.8. The van der Waals surface area contributed by atoms with Crippen molar-refractivity contribution in [2.24, 2.45) is 17.6 Å². The summed E-state index contributed by atoms with van der Waals surface area (Å²) in [7, 11) is 0. The van der Waals surface area contributed by atoms with Crippen LogP contribution in [0.3, 0.4) is 0 Å². The topological polar surface area (TPSA) is 128 Å². The number of alkyl halides is 5. The lowest BCUT2D eigenvalue weighted by Gasteiger charge is -2.32. The SMILES string of the molecule is Cc1c(C(N)=O)noc1[C@H](c1cn2ncc([C@H](NC(=O)CCC(F)(F)F)C3CC3)cc2n1)C1CCC(F)(F)CC1. The van der Waals surface area contributed by atoms with E-state index < -0.39 is 48.7 Å². The van der Waals surface area contributed by atoms with Crippen molar-refractivity contribution < 1.29 is 36.1 Å². The number of hydrogen-bond donors (Lipinski definition) is 2. The summed E-state index contributed by atoms with van der Waals surface area (Å²) in [6.07, 6.45) is -1.67. The molecule has 3 aromatic heterocycles. The number of primary amides is 1. The number of carbonyl (C=O) groups is 2. The van der Waals surface area contributed by atoms with Crippen LogP contribution in [0.1, 0.15) is 96.4 Å². The summed E-state index contributed by atoms with van der Waals surface area (Å²) < 4.78 is 72.7. The first-order valence-electron chi connectivity index (χ1n) is 13.2. The smallest absolute Gasteiger partial charge is 0.364 e. The van der Waals surface area contributed by atoms with E-state index in [2.05, 4.69) is 15.6 Å². The first-order valence-corrected chi connectivity index (χ1v) is 13.2. The number of fused-ring (bicyclic) bond motifs is 1. The van der Waals surface area contributed by atoms with Gasteiger partial charge in [0.25, 0.3) is 5.91 Å². The van der Waals surface area contributed by atoms with E-state index in [0.717, 1.165) is 12.8 Å². The second-order valence-corrected chi connectivity index (χ2v) is 10.8. The minimum absolute atomic E-state index is 0.0427. The van der Waals surface area contributed by atoms with Gasteiger partial charge in [0.15, 0.2) is 11.3 Å². The number of nitrogens with one attached hydrogen (secondary N) is 1. The molecule has 14 heteroatoms. The van der Waals surface area contributed by atoms with E-state index in [1.54, 1.807) is 19.2 Å². The predicted octanol–water partition coefficient (Wildman–Crippen LogP) is 4.99. The van der Waals surface area contributed by atoms with Crippen LogP contribution in [0.5, 0.6) is 0 Å². The Morgan fingerprint density at radius 1 is 1.20 bits per heavy atom. The fourth-order valence-electron chi connectivity index (χ4n) is 5.49. The minimum Gasteiger partial charge on any atom is -0.364 e. The van der Waals surface area contributed by atoms with Gasteiger partial charge >= 0.3 is 6.18 Å². The second kappa shape index (κ2) is 10.4. The van der Waals surface area contributed by atoms with E-state index in [0.29, 0.717) is 28.2 Å². The van der Waals surface area contributed by atoms with Crippen molar-refractivity contribution >= 4 is 17.5 Å². The lowest BCUT2D eigenvalue weighted by atomic mass is 9.75. The number of nitrogens with two attached hydrogens (primary N) is 1. The first kappa shape index (κ1) is 28.0. The summed E-state index contributed by atoms with van der Waals surface area (Å²) in [5, 5.41) is 10.9. The molecule has 2 saturated carbocycles. The summed E-state index contributed by atoms with van der Waals surface area (Å²) in [4.78, 5) is 28.8. The van der Waals surface area contributed by atoms with Gasteiger partial charge in [0.2, 0.25) is 11.8 Å². The van der Waals surface area contributed by atoms with Crippen molar-refractivity contribution in [3.63, 3.8) is 0 Å². The fourth-order valence-corrected chi connectivity index (χ4v) is 5.49. The van der Waals surface area contributed by atoms with Crippen LogP contribution in [-0.4, -0.2) is 43.7 Å². The maximum absolute atomic E-state index is 14.0. The Bertz CT molecular complexity index is 1400. The highest BCUT2D eigenvalue weighted by molar-refractivity contribution is 5.92. The highest BCUT2D eigenvalue weighted by atomic mass is 19.4. The van der Waals surface area contributed by atoms with Crippen LogP contribution in [0.25, 0.3) is 5.65 Å². The van der Waals surface area contributed by atoms with Gasteiger partial charge in [-0.1, -0.05) is 5.16 Å². The molecule has 0 bridgehead atoms. The fraction of sp³-hybridized carbons (Fsp3) is 0.577. The number of amides is 2. The Hall–Kier alpha value is -3.58. The highest BCUT2D eigenvalue weighted by Crippen LogP contribution is 2.46. The second-order valence-electron chi connectivity index (χ2n) is 10.8. The van der Waals surface area contributed by atoms with Crippen molar-refractivity contribution in [1.29, 1.82) is 0 Å². The Balaban J connectivity index is 1.45. The Morgan fingerprint density at radius 3 is 2.50 bits per heavy atom. The molecular weight excluding hydrogens is 539 g/mol. The third-order valence-corrected chi connectivity index (χ3v) is 7.79. The van der Waals surface area contributed by atoms with Gasteiger partial charge in [-0.05, 0) is 56.1 Å². The molecule has 0 unspecified atom stereocenters. The minimum atomic E-state index is -4.43. The average molecular weight is 569 g/mol. The molecule has 0 aliphatic heterocycles. The van der Waals surface area contributed by atoms with Gasteiger partial charge in [-0.15, -0.1) is 0 Å². The van der Waals surface area contributed by atoms with Crippen LogP contribution in [0.2, 0.25) is 0 Å². The van der Waals surface area contributed by atoms with Crippen LogP contribution in [0, 0.1) is 18.8 Å². The number of imidazole rings is 1. The number of hydrogen-bond acceptors (Lipinski definition) is 6. The van der Waals surface area contributed by atoms with Gasteiger partial charge in [-0.25, -0.2) is 18.3 Å². The molecule has 216 valence electrons. The van der Waals surface area contributed by atoms with Gasteiger partial charge in [0.05, 0.1) is 36.5 Å². The quantitative estimate of drug-likeness (QED) is 0.350. The largest absolute Gasteiger partial charge is 0.389 e. The third kappa shape index (κ3) is 6.09. The molecule has 3 aromatic rings. The van der Waals surface area contributed by atoms with Crippen molar-refractivity contribution in [3.8, 4) is 0 Å². The highest BCUT2D eigenvalue weighted by Gasteiger charge is 2.42. The van der Waals surface area contributed by atoms with Gasteiger partial charge in [-0.2, -0.15) is 18.3 Å². The summed E-state index contributed by atoms with van der Waals surface area (Å²) in [6.45, 7) is 1.63. The number of aromatic nitrogens is 4. The number of nitrogens with zero attached hydrogens (tertiary/aromatic N) is 4. The Kier molecular flexibility index (Phi) is 7.29. The lowest BCUT2D eigenvalue weighted by molar-refractivity contribution is -0.144. The zero-order valence-electron chi connectivity index (χ0n) is 21.7. The molecule has 3 heterocycles. The van der Waals surface area contributed by atoms with E-state index in [-0.39, 0.29) is 43.2 Å². The van der Waals surface area contributed by atoms with Gasteiger partial charge < -0.3 is 15.6 Å². The molecule has 2 fully saturated rings. The maximum Gasteiger partial charge on any atom is 0.389 e. The Morgan fingerprint density at radius 2 is 1.90 bits per heavy atom. The van der Waals surface area contributed by atoms with Crippen LogP contribution in [0.15, 0.2) is 23.0 Å². The number of halogens is 5. The standard InChI is InChI=1S/C26H29F5N6O3/c1-13-21(24(32)39)36-40-23(13)20(14-4-7-25(27,28)8-5-14)17-12-37-18(34-17)10-16(11-33-37)22(15-2-3-15)35-19(38)6-9-26(29,30)31/h10-12,14-15,20,22H,2-9H2,1H3,(H2,32,39)(H,35,38)/t20-,22+/m0/s1. The van der Waals surface area contributed by atoms with E-state index >= 15 is 0 Å². The molecule has 2 atom stereocenters. The van der Waals surface area contributed by atoms with E-state index in [1.807, 2.05) is 0 Å². The van der Waals surface area contributed by atoms with Crippen LogP contribution in [0.4, 0.5) is 22.0 Å². The molecule has 0 aromatic carbocycles. The van der Waals surface area contributed by atoms with E-state index in [4.69, 9.17) is 15.2 Å². The molecule has 2 aliphatic carbocycles. The molecule has 2 aliphatic rings. The van der Waals surface area contributed by atoms with E-state index in [9.17, 15) is 31.5 Å². The number of rotatable bonds is 9. The molecule has 0 saturated heterocycles. The van der Waals surface area contributed by atoms with Crippen molar-refractivity contribution in [2.75, 3.05) is 0 Å². The summed E-state index contributed by atoms with van der Waals surface area (Å²) in [6, 6.07) is 1.20. The van der Waals surface area contributed by atoms with E-state index in [1.165, 1.54) is 10.7 Å². The van der Waals surface area contributed by atoms with Gasteiger partial charge in [-0.3, -0.25) is 9.59 Å². The molecule has 5 rings (SSSR count). The monoisotopic (exact) mass is 568 g/mol. The summed E-state index contributed by atoms with van der Waals surface area (Å²) >= 11 is 0. The summed E-state index contributed by atoms with van der Waals surface area (Å²) in [5.41, 5.74) is 7.27. The van der Waals surface area contributed by atoms with Crippen LogP contribution in [-0.2, 0) is 4.79 Å². The van der Waals surface area contributed by atoms with Crippen LogP contribution >= 0.6 is 0 Å². The third-order valence-electron chi connectivity index (χ3n) is 7.79. The lowest BCUT2D eigenvalue weighted by Crippen LogP contribution is -2.30.